The molecule has 1 heterocycles. The lowest BCUT2D eigenvalue weighted by atomic mass is 10.0. The molecular weight excluding hydrogens is 293 g/mol. The summed E-state index contributed by atoms with van der Waals surface area (Å²) in [6.07, 6.45) is 0. The van der Waals surface area contributed by atoms with Crippen LogP contribution in [0.25, 0.3) is 0 Å². The van der Waals surface area contributed by atoms with Crippen LogP contribution in [0.5, 0.6) is 5.88 Å². The second-order valence-electron chi connectivity index (χ2n) is 3.22. The minimum Gasteiger partial charge on any atom is -0.481 e. The smallest absolute Gasteiger partial charge is 0.240 e. The molecule has 0 aliphatic rings. The summed E-state index contributed by atoms with van der Waals surface area (Å²) in [4.78, 5) is 15.2. The van der Waals surface area contributed by atoms with Gasteiger partial charge in [-0.2, -0.15) is 0 Å². The van der Waals surface area contributed by atoms with Gasteiger partial charge in [-0.1, -0.05) is 19.9 Å². The molecule has 76 valence electrons. The van der Waals surface area contributed by atoms with Crippen LogP contribution in [0.15, 0.2) is 12.1 Å². The summed E-state index contributed by atoms with van der Waals surface area (Å²) in [5.74, 6) is 0.887. The van der Waals surface area contributed by atoms with Crippen LogP contribution in [0.1, 0.15) is 35.8 Å². The van der Waals surface area contributed by atoms with E-state index in [1.54, 1.807) is 35.8 Å². The lowest BCUT2D eigenvalue weighted by Gasteiger charge is -2.10. The number of halogens is 1. The normalized spacial score (nSPS) is 10.4. The third kappa shape index (κ3) is 2.43. The number of aromatic nitrogens is 1. The van der Waals surface area contributed by atoms with E-state index in [-0.39, 0.29) is 3.79 Å². The first-order valence-corrected chi connectivity index (χ1v) is 5.39. The van der Waals surface area contributed by atoms with E-state index in [9.17, 15) is 4.79 Å². The van der Waals surface area contributed by atoms with Crippen molar-refractivity contribution in [3.8, 4) is 5.88 Å². The quantitative estimate of drug-likeness (QED) is 0.637. The number of carbonyl (C=O) groups is 1. The van der Waals surface area contributed by atoms with Crippen molar-refractivity contribution in [1.29, 1.82) is 0 Å². The zero-order chi connectivity index (χ0) is 10.7. The van der Waals surface area contributed by atoms with Gasteiger partial charge in [0.25, 0.3) is 0 Å². The van der Waals surface area contributed by atoms with E-state index in [1.165, 1.54) is 0 Å². The Kier molecular flexibility index (Phi) is 3.86. The van der Waals surface area contributed by atoms with Crippen molar-refractivity contribution in [2.75, 3.05) is 7.11 Å². The summed E-state index contributed by atoms with van der Waals surface area (Å²) in [6, 6.07) is 3.62. The van der Waals surface area contributed by atoms with Gasteiger partial charge in [0.15, 0.2) is 0 Å². The molecule has 0 atom stereocenters. The third-order valence-corrected chi connectivity index (χ3v) is 2.46. The maximum atomic E-state index is 11.1. The molecule has 4 heteroatoms. The van der Waals surface area contributed by atoms with Gasteiger partial charge in [-0.25, -0.2) is 4.98 Å². The predicted octanol–water partition coefficient (Wildman–Crippen LogP) is 2.79. The monoisotopic (exact) mass is 305 g/mol. The molecule has 1 aromatic heterocycles. The van der Waals surface area contributed by atoms with E-state index < -0.39 is 0 Å². The summed E-state index contributed by atoms with van der Waals surface area (Å²) in [5, 5.41) is 0. The molecule has 0 aliphatic heterocycles. The molecule has 1 aromatic rings. The molecule has 0 aliphatic carbocycles. The molecule has 0 unspecified atom stereocenters. The molecule has 0 saturated heterocycles. The zero-order valence-corrected chi connectivity index (χ0v) is 10.5. The maximum Gasteiger partial charge on any atom is 0.240 e. The van der Waals surface area contributed by atoms with Gasteiger partial charge in [-0.05, 0) is 12.0 Å². The minimum atomic E-state index is -0.0730. The fourth-order valence-corrected chi connectivity index (χ4v) is 1.46. The summed E-state index contributed by atoms with van der Waals surface area (Å²) < 4.78 is 5.06. The Balaban J connectivity index is 3.18. The van der Waals surface area contributed by atoms with Crippen LogP contribution in [0, 0.1) is 0 Å². The Morgan fingerprint density at radius 3 is 2.57 bits per heavy atom. The molecule has 0 radical (unpaired) electrons. The summed E-state index contributed by atoms with van der Waals surface area (Å²) >= 11 is 1.71. The van der Waals surface area contributed by atoms with Crippen molar-refractivity contribution in [3.63, 3.8) is 0 Å². The van der Waals surface area contributed by atoms with E-state index in [0.717, 1.165) is 5.56 Å². The van der Waals surface area contributed by atoms with E-state index in [0.29, 0.717) is 17.5 Å². The van der Waals surface area contributed by atoms with Gasteiger partial charge in [0.05, 0.1) is 7.11 Å². The molecule has 0 N–H and O–H groups in total. The Bertz CT molecular complexity index is 350. The topological polar surface area (TPSA) is 39.2 Å². The van der Waals surface area contributed by atoms with Crippen molar-refractivity contribution in [3.05, 3.63) is 23.4 Å². The fraction of sp³-hybridized carbons (Fsp3) is 0.400. The van der Waals surface area contributed by atoms with Crippen LogP contribution in [0.4, 0.5) is 0 Å². The van der Waals surface area contributed by atoms with Crippen LogP contribution >= 0.6 is 22.6 Å². The van der Waals surface area contributed by atoms with E-state index in [4.69, 9.17) is 4.74 Å². The van der Waals surface area contributed by atoms with Gasteiger partial charge in [-0.15, -0.1) is 0 Å². The van der Waals surface area contributed by atoms with Crippen molar-refractivity contribution in [2.45, 2.75) is 19.8 Å². The Labute approximate surface area is 97.0 Å². The standard InChI is InChI=1S/C10H12INO2/c1-6(2)7-4-5-8(9(11)13)12-10(7)14-3/h4-6H,1-3H3. The van der Waals surface area contributed by atoms with Crippen molar-refractivity contribution < 1.29 is 9.53 Å². The van der Waals surface area contributed by atoms with Crippen LogP contribution in [0.3, 0.4) is 0 Å². The predicted molar refractivity (Wildman–Crippen MR) is 63.2 cm³/mol. The van der Waals surface area contributed by atoms with Gasteiger partial charge in [0.2, 0.25) is 9.67 Å². The molecule has 0 amide bonds. The summed E-state index contributed by atoms with van der Waals surface area (Å²) in [5.41, 5.74) is 1.46. The maximum absolute atomic E-state index is 11.1. The number of methoxy groups -OCH3 is 1. The summed E-state index contributed by atoms with van der Waals surface area (Å²) in [6.45, 7) is 4.12. The lowest BCUT2D eigenvalue weighted by Crippen LogP contribution is -2.01. The molecule has 14 heavy (non-hydrogen) atoms. The van der Waals surface area contributed by atoms with Gasteiger partial charge in [0, 0.05) is 28.2 Å². The zero-order valence-electron chi connectivity index (χ0n) is 8.37. The lowest BCUT2D eigenvalue weighted by molar-refractivity contribution is 0.110. The first-order chi connectivity index (χ1) is 6.56. The highest BCUT2D eigenvalue weighted by Gasteiger charge is 2.11. The van der Waals surface area contributed by atoms with Gasteiger partial charge < -0.3 is 4.74 Å². The van der Waals surface area contributed by atoms with Gasteiger partial charge >= 0.3 is 0 Å². The number of carbonyl (C=O) groups excluding carboxylic acids is 1. The highest BCUT2D eigenvalue weighted by Crippen LogP contribution is 2.24. The number of hydrogen-bond acceptors (Lipinski definition) is 3. The minimum absolute atomic E-state index is 0.0730. The van der Waals surface area contributed by atoms with Gasteiger partial charge in [0.1, 0.15) is 5.69 Å². The average Bonchev–Trinajstić information content (AvgIpc) is 2.16. The largest absolute Gasteiger partial charge is 0.481 e. The van der Waals surface area contributed by atoms with Crippen LogP contribution in [-0.4, -0.2) is 15.9 Å². The number of rotatable bonds is 3. The number of pyridine rings is 1. The highest BCUT2D eigenvalue weighted by molar-refractivity contribution is 14.1. The van der Waals surface area contributed by atoms with Crippen LogP contribution < -0.4 is 4.74 Å². The van der Waals surface area contributed by atoms with E-state index in [2.05, 4.69) is 18.8 Å². The first kappa shape index (κ1) is 11.4. The Morgan fingerprint density at radius 1 is 1.50 bits per heavy atom. The Morgan fingerprint density at radius 2 is 2.14 bits per heavy atom. The fourth-order valence-electron chi connectivity index (χ4n) is 1.16. The average molecular weight is 305 g/mol. The molecule has 0 bridgehead atoms. The van der Waals surface area contributed by atoms with Crippen molar-refractivity contribution in [1.82, 2.24) is 4.98 Å². The van der Waals surface area contributed by atoms with Crippen LogP contribution in [-0.2, 0) is 0 Å². The highest BCUT2D eigenvalue weighted by atomic mass is 127. The molecule has 1 rings (SSSR count). The third-order valence-electron chi connectivity index (χ3n) is 1.91. The molecular formula is C10H12INO2. The molecule has 0 fully saturated rings. The molecule has 0 spiro atoms. The van der Waals surface area contributed by atoms with Crippen molar-refractivity contribution in [2.24, 2.45) is 0 Å². The second kappa shape index (κ2) is 4.72. The first-order valence-electron chi connectivity index (χ1n) is 4.31. The molecule has 0 aromatic carbocycles. The number of hydrogen-bond donors (Lipinski definition) is 0. The Hall–Kier alpha value is -0.650. The van der Waals surface area contributed by atoms with Crippen molar-refractivity contribution >= 4 is 26.4 Å². The van der Waals surface area contributed by atoms with E-state index in [1.807, 2.05) is 6.07 Å². The molecule has 0 saturated carbocycles. The second-order valence-corrected chi connectivity index (χ2v) is 4.20. The number of nitrogens with zero attached hydrogens (tertiary/aromatic N) is 1. The van der Waals surface area contributed by atoms with E-state index >= 15 is 0 Å². The van der Waals surface area contributed by atoms with Crippen LogP contribution in [0.2, 0.25) is 0 Å². The SMILES string of the molecule is COc1nc(C(=O)I)ccc1C(C)C. The number of ether oxygens (including phenoxy) is 1. The van der Waals surface area contributed by atoms with Gasteiger partial charge in [-0.3, -0.25) is 4.79 Å². The summed E-state index contributed by atoms with van der Waals surface area (Å²) in [7, 11) is 1.57. The molecule has 3 nitrogen and oxygen atoms in total.